The molecule has 5 heteroatoms. The predicted octanol–water partition coefficient (Wildman–Crippen LogP) is 4.42. The van der Waals surface area contributed by atoms with Crippen LogP contribution >= 0.6 is 0 Å². The predicted molar refractivity (Wildman–Crippen MR) is 126 cm³/mol. The number of benzene rings is 3. The molecule has 3 aromatic rings. The van der Waals surface area contributed by atoms with Gasteiger partial charge in [0.05, 0.1) is 13.0 Å². The number of piperazine rings is 1. The van der Waals surface area contributed by atoms with Crippen molar-refractivity contribution in [2.75, 3.05) is 43.0 Å². The summed E-state index contributed by atoms with van der Waals surface area (Å²) in [5.74, 6) is 0.738. The summed E-state index contributed by atoms with van der Waals surface area (Å²) >= 11 is 0. The Labute approximate surface area is 184 Å². The van der Waals surface area contributed by atoms with Crippen molar-refractivity contribution in [3.63, 3.8) is 0 Å². The number of hydrogen-bond donors (Lipinski definition) is 1. The standard InChI is InChI=1S/C26H29N3O2/c30-26(15-20-31-25-9-5-2-6-10-25)27-23-11-13-24(14-12-23)29-18-16-28(17-19-29)21-22-7-3-1-4-8-22/h1-14H,15-21H2,(H,27,30). The first-order valence-corrected chi connectivity index (χ1v) is 10.9. The van der Waals surface area contributed by atoms with Crippen LogP contribution in [0.3, 0.4) is 0 Å². The molecule has 1 aliphatic rings. The first-order valence-electron chi connectivity index (χ1n) is 10.9. The summed E-state index contributed by atoms with van der Waals surface area (Å²) < 4.78 is 5.59. The van der Waals surface area contributed by atoms with Crippen molar-refractivity contribution in [3.05, 3.63) is 90.5 Å². The molecule has 0 bridgehead atoms. The highest BCUT2D eigenvalue weighted by Gasteiger charge is 2.17. The lowest BCUT2D eigenvalue weighted by atomic mass is 10.2. The zero-order valence-corrected chi connectivity index (χ0v) is 17.7. The quantitative estimate of drug-likeness (QED) is 0.592. The fourth-order valence-electron chi connectivity index (χ4n) is 3.76. The van der Waals surface area contributed by atoms with Gasteiger partial charge in [-0.2, -0.15) is 0 Å². The summed E-state index contributed by atoms with van der Waals surface area (Å²) in [6.45, 7) is 5.49. The second kappa shape index (κ2) is 10.6. The van der Waals surface area contributed by atoms with E-state index in [0.717, 1.165) is 44.2 Å². The van der Waals surface area contributed by atoms with Gasteiger partial charge in [-0.25, -0.2) is 0 Å². The maximum Gasteiger partial charge on any atom is 0.227 e. The number of hydrogen-bond acceptors (Lipinski definition) is 4. The van der Waals surface area contributed by atoms with E-state index in [1.165, 1.54) is 11.3 Å². The van der Waals surface area contributed by atoms with Crippen LogP contribution in [0.1, 0.15) is 12.0 Å². The van der Waals surface area contributed by atoms with Gasteiger partial charge in [0.25, 0.3) is 0 Å². The average Bonchev–Trinajstić information content (AvgIpc) is 2.82. The number of nitrogens with one attached hydrogen (secondary N) is 1. The highest BCUT2D eigenvalue weighted by atomic mass is 16.5. The second-order valence-corrected chi connectivity index (χ2v) is 7.76. The maximum absolute atomic E-state index is 12.2. The Morgan fingerprint density at radius 2 is 1.45 bits per heavy atom. The molecule has 0 spiro atoms. The van der Waals surface area contributed by atoms with E-state index >= 15 is 0 Å². The highest BCUT2D eigenvalue weighted by molar-refractivity contribution is 5.90. The zero-order valence-electron chi connectivity index (χ0n) is 17.7. The number of anilines is 2. The molecule has 1 fully saturated rings. The van der Waals surface area contributed by atoms with Crippen molar-refractivity contribution < 1.29 is 9.53 Å². The Morgan fingerprint density at radius 3 is 2.13 bits per heavy atom. The highest BCUT2D eigenvalue weighted by Crippen LogP contribution is 2.20. The van der Waals surface area contributed by atoms with Crippen LogP contribution in [0.4, 0.5) is 11.4 Å². The lowest BCUT2D eigenvalue weighted by Gasteiger charge is -2.36. The van der Waals surface area contributed by atoms with Gasteiger partial charge in [0, 0.05) is 44.1 Å². The Bertz CT molecular complexity index is 937. The molecule has 1 aliphatic heterocycles. The molecular formula is C26H29N3O2. The maximum atomic E-state index is 12.2. The van der Waals surface area contributed by atoms with Crippen molar-refractivity contribution >= 4 is 17.3 Å². The third-order valence-corrected chi connectivity index (χ3v) is 5.48. The number of carbonyl (C=O) groups is 1. The molecule has 1 amide bonds. The van der Waals surface area contributed by atoms with Gasteiger partial charge < -0.3 is 15.0 Å². The summed E-state index contributed by atoms with van der Waals surface area (Å²) in [5, 5.41) is 2.95. The molecule has 3 aromatic carbocycles. The van der Waals surface area contributed by atoms with Crippen molar-refractivity contribution in [1.29, 1.82) is 0 Å². The van der Waals surface area contributed by atoms with Gasteiger partial charge in [0.1, 0.15) is 5.75 Å². The molecule has 0 atom stereocenters. The first kappa shape index (κ1) is 20.9. The Hall–Kier alpha value is -3.31. The molecule has 160 valence electrons. The van der Waals surface area contributed by atoms with E-state index < -0.39 is 0 Å². The molecule has 1 heterocycles. The molecule has 31 heavy (non-hydrogen) atoms. The number of carbonyl (C=O) groups excluding carboxylic acids is 1. The minimum Gasteiger partial charge on any atom is -0.493 e. The van der Waals surface area contributed by atoms with E-state index in [0.29, 0.717) is 13.0 Å². The lowest BCUT2D eigenvalue weighted by molar-refractivity contribution is -0.116. The van der Waals surface area contributed by atoms with Crippen LogP contribution in [0.2, 0.25) is 0 Å². The number of amides is 1. The summed E-state index contributed by atoms with van der Waals surface area (Å²) in [7, 11) is 0. The molecule has 0 saturated carbocycles. The van der Waals surface area contributed by atoms with Crippen LogP contribution < -0.4 is 15.0 Å². The van der Waals surface area contributed by atoms with Gasteiger partial charge in [-0.3, -0.25) is 9.69 Å². The summed E-state index contributed by atoms with van der Waals surface area (Å²) in [6, 6.07) is 28.3. The zero-order chi connectivity index (χ0) is 21.3. The van der Waals surface area contributed by atoms with Crippen LogP contribution in [0, 0.1) is 0 Å². The van der Waals surface area contributed by atoms with E-state index in [-0.39, 0.29) is 5.91 Å². The van der Waals surface area contributed by atoms with E-state index in [2.05, 4.69) is 57.6 Å². The number of rotatable bonds is 8. The minimum atomic E-state index is -0.0433. The van der Waals surface area contributed by atoms with Crippen molar-refractivity contribution in [1.82, 2.24) is 4.90 Å². The molecule has 1 saturated heterocycles. The van der Waals surface area contributed by atoms with E-state index in [1.807, 2.05) is 42.5 Å². The normalized spacial score (nSPS) is 14.3. The Morgan fingerprint density at radius 1 is 0.806 bits per heavy atom. The van der Waals surface area contributed by atoms with Gasteiger partial charge in [-0.15, -0.1) is 0 Å². The van der Waals surface area contributed by atoms with Crippen LogP contribution in [0.15, 0.2) is 84.9 Å². The monoisotopic (exact) mass is 415 g/mol. The topological polar surface area (TPSA) is 44.8 Å². The van der Waals surface area contributed by atoms with Gasteiger partial charge in [0.2, 0.25) is 5.91 Å². The molecular weight excluding hydrogens is 386 g/mol. The van der Waals surface area contributed by atoms with Crippen molar-refractivity contribution in [3.8, 4) is 5.75 Å². The Kier molecular flexibility index (Phi) is 7.19. The number of ether oxygens (including phenoxy) is 1. The molecule has 0 unspecified atom stereocenters. The first-order chi connectivity index (χ1) is 15.3. The van der Waals surface area contributed by atoms with E-state index in [1.54, 1.807) is 0 Å². The molecule has 0 aliphatic carbocycles. The number of para-hydroxylation sites is 1. The Balaban J connectivity index is 1.20. The number of nitrogens with zero attached hydrogens (tertiary/aromatic N) is 2. The smallest absolute Gasteiger partial charge is 0.227 e. The van der Waals surface area contributed by atoms with Crippen LogP contribution in [-0.4, -0.2) is 43.6 Å². The SMILES string of the molecule is O=C(CCOc1ccccc1)Nc1ccc(N2CCN(Cc3ccccc3)CC2)cc1. The molecule has 1 N–H and O–H groups in total. The molecule has 5 nitrogen and oxygen atoms in total. The molecule has 0 aromatic heterocycles. The molecule has 4 rings (SSSR count). The largest absolute Gasteiger partial charge is 0.493 e. The summed E-state index contributed by atoms with van der Waals surface area (Å²) in [6.07, 6.45) is 0.319. The minimum absolute atomic E-state index is 0.0433. The van der Waals surface area contributed by atoms with Crippen molar-refractivity contribution in [2.45, 2.75) is 13.0 Å². The second-order valence-electron chi connectivity index (χ2n) is 7.76. The van der Waals surface area contributed by atoms with Gasteiger partial charge in [-0.05, 0) is 42.0 Å². The van der Waals surface area contributed by atoms with E-state index in [9.17, 15) is 4.79 Å². The fraction of sp³-hybridized carbons (Fsp3) is 0.269. The summed E-state index contributed by atoms with van der Waals surface area (Å²) in [5.41, 5.74) is 3.38. The third kappa shape index (κ3) is 6.33. The van der Waals surface area contributed by atoms with Crippen LogP contribution in [-0.2, 0) is 11.3 Å². The van der Waals surface area contributed by atoms with Gasteiger partial charge in [-0.1, -0.05) is 48.5 Å². The third-order valence-electron chi connectivity index (χ3n) is 5.48. The van der Waals surface area contributed by atoms with Gasteiger partial charge >= 0.3 is 0 Å². The average molecular weight is 416 g/mol. The van der Waals surface area contributed by atoms with Crippen LogP contribution in [0.5, 0.6) is 5.75 Å². The lowest BCUT2D eigenvalue weighted by Crippen LogP contribution is -2.45. The molecule has 0 radical (unpaired) electrons. The summed E-state index contributed by atoms with van der Waals surface area (Å²) in [4.78, 5) is 17.1. The van der Waals surface area contributed by atoms with E-state index in [4.69, 9.17) is 4.74 Å². The van der Waals surface area contributed by atoms with Gasteiger partial charge in [0.15, 0.2) is 0 Å². The fourth-order valence-corrected chi connectivity index (χ4v) is 3.76. The van der Waals surface area contributed by atoms with Crippen LogP contribution in [0.25, 0.3) is 0 Å². The van der Waals surface area contributed by atoms with Crippen molar-refractivity contribution in [2.24, 2.45) is 0 Å².